The van der Waals surface area contributed by atoms with Gasteiger partial charge in [-0.25, -0.2) is 0 Å². The van der Waals surface area contributed by atoms with Gasteiger partial charge in [-0.15, -0.1) is 0 Å². The molecule has 6 nitrogen and oxygen atoms in total. The van der Waals surface area contributed by atoms with Crippen LogP contribution in [0, 0.1) is 0 Å². The largest absolute Gasteiger partial charge is 0.497 e. The molecule has 32 heavy (non-hydrogen) atoms. The number of nitrogens with zero attached hydrogens (tertiary/aromatic N) is 2. The molecule has 1 fully saturated rings. The summed E-state index contributed by atoms with van der Waals surface area (Å²) in [7, 11) is 3.78. The first-order valence-electron chi connectivity index (χ1n) is 10.9. The van der Waals surface area contributed by atoms with Crippen LogP contribution < -0.4 is 14.8 Å². The summed E-state index contributed by atoms with van der Waals surface area (Å²) < 4.78 is 11.3. The lowest BCUT2D eigenvalue weighted by molar-refractivity contribution is 0.0945. The number of aromatic nitrogens is 1. The van der Waals surface area contributed by atoms with Crippen LogP contribution in [-0.4, -0.2) is 49.1 Å². The number of ether oxygens (including phenoxy) is 2. The minimum Gasteiger partial charge on any atom is -0.497 e. The van der Waals surface area contributed by atoms with E-state index in [1.807, 2.05) is 54.6 Å². The third-order valence-corrected chi connectivity index (χ3v) is 5.74. The summed E-state index contributed by atoms with van der Waals surface area (Å²) in [5.41, 5.74) is 3.36. The Labute approximate surface area is 189 Å². The van der Waals surface area contributed by atoms with E-state index < -0.39 is 0 Å². The maximum Gasteiger partial charge on any atom is 0.270 e. The van der Waals surface area contributed by atoms with Gasteiger partial charge in [0.2, 0.25) is 0 Å². The lowest BCUT2D eigenvalue weighted by Crippen LogP contribution is -2.35. The fourth-order valence-corrected chi connectivity index (χ4v) is 3.78. The molecule has 4 rings (SSSR count). The summed E-state index contributed by atoms with van der Waals surface area (Å²) in [6.45, 7) is 2.54. The Bertz CT molecular complexity index is 1030. The Morgan fingerprint density at radius 2 is 1.78 bits per heavy atom. The summed E-state index contributed by atoms with van der Waals surface area (Å²) in [6, 6.07) is 19.3. The summed E-state index contributed by atoms with van der Waals surface area (Å²) in [5.74, 6) is 1.46. The molecule has 1 saturated heterocycles. The van der Waals surface area contributed by atoms with Crippen molar-refractivity contribution in [1.29, 1.82) is 0 Å². The number of likely N-dealkylation sites (tertiary alicyclic amines) is 1. The molecule has 1 aromatic heterocycles. The van der Waals surface area contributed by atoms with Crippen molar-refractivity contribution < 1.29 is 14.3 Å². The van der Waals surface area contributed by atoms with Crippen molar-refractivity contribution in [3.8, 4) is 22.6 Å². The Morgan fingerprint density at radius 1 is 1.03 bits per heavy atom. The number of amides is 1. The fraction of sp³-hybridized carbons (Fsp3) is 0.308. The third kappa shape index (κ3) is 5.65. The highest BCUT2D eigenvalue weighted by molar-refractivity contribution is 5.92. The molecule has 0 aliphatic carbocycles. The molecule has 2 heterocycles. The zero-order valence-corrected chi connectivity index (χ0v) is 18.6. The number of methoxy groups -OCH3 is 1. The van der Waals surface area contributed by atoms with Crippen LogP contribution >= 0.6 is 0 Å². The van der Waals surface area contributed by atoms with Crippen LogP contribution in [0.2, 0.25) is 0 Å². The van der Waals surface area contributed by atoms with Crippen LogP contribution in [0.3, 0.4) is 0 Å². The van der Waals surface area contributed by atoms with Gasteiger partial charge in [-0.1, -0.05) is 30.3 Å². The van der Waals surface area contributed by atoms with Gasteiger partial charge in [0.1, 0.15) is 23.3 Å². The van der Waals surface area contributed by atoms with Crippen LogP contribution in [-0.2, 0) is 6.54 Å². The van der Waals surface area contributed by atoms with E-state index in [2.05, 4.69) is 22.2 Å². The van der Waals surface area contributed by atoms with Crippen LogP contribution in [0.1, 0.15) is 28.9 Å². The number of carbonyl (C=O) groups is 1. The monoisotopic (exact) mass is 431 g/mol. The van der Waals surface area contributed by atoms with Crippen molar-refractivity contribution in [3.05, 3.63) is 78.1 Å². The van der Waals surface area contributed by atoms with E-state index in [0.717, 1.165) is 54.1 Å². The smallest absolute Gasteiger partial charge is 0.270 e. The van der Waals surface area contributed by atoms with E-state index in [4.69, 9.17) is 9.47 Å². The second-order valence-corrected chi connectivity index (χ2v) is 8.11. The van der Waals surface area contributed by atoms with Gasteiger partial charge < -0.3 is 19.7 Å². The van der Waals surface area contributed by atoms with E-state index in [0.29, 0.717) is 12.2 Å². The molecule has 2 aromatic carbocycles. The van der Waals surface area contributed by atoms with E-state index >= 15 is 0 Å². The zero-order valence-electron chi connectivity index (χ0n) is 18.6. The van der Waals surface area contributed by atoms with Gasteiger partial charge in [-0.3, -0.25) is 9.78 Å². The quantitative estimate of drug-likeness (QED) is 0.609. The van der Waals surface area contributed by atoms with Crippen LogP contribution in [0.5, 0.6) is 11.5 Å². The maximum absolute atomic E-state index is 12.6. The number of rotatable bonds is 7. The second-order valence-electron chi connectivity index (χ2n) is 8.11. The Morgan fingerprint density at radius 3 is 2.47 bits per heavy atom. The van der Waals surface area contributed by atoms with Crippen molar-refractivity contribution in [2.24, 2.45) is 0 Å². The topological polar surface area (TPSA) is 63.7 Å². The number of nitrogens with one attached hydrogen (secondary N) is 1. The lowest BCUT2D eigenvalue weighted by atomic mass is 10.1. The van der Waals surface area contributed by atoms with Crippen LogP contribution in [0.25, 0.3) is 11.1 Å². The average molecular weight is 432 g/mol. The molecular formula is C26H29N3O3. The fourth-order valence-electron chi connectivity index (χ4n) is 3.78. The molecule has 1 N–H and O–H groups in total. The molecule has 0 spiro atoms. The predicted molar refractivity (Wildman–Crippen MR) is 125 cm³/mol. The standard InChI is InChI=1S/C26H29N3O3/c1-29-14-12-23(13-15-29)32-24-5-3-4-19(16-24)17-28-26(30)25-11-8-21(18-27-25)20-6-9-22(31-2)10-7-20/h3-11,16,18,23H,12-15,17H2,1-2H3,(H,28,30). The number of benzene rings is 2. The van der Waals surface area contributed by atoms with E-state index in [1.165, 1.54) is 0 Å². The van der Waals surface area contributed by atoms with Gasteiger partial charge in [-0.05, 0) is 61.3 Å². The first-order valence-corrected chi connectivity index (χ1v) is 10.9. The molecule has 6 heteroatoms. The minimum atomic E-state index is -0.201. The molecule has 3 aromatic rings. The lowest BCUT2D eigenvalue weighted by Gasteiger charge is -2.29. The van der Waals surface area contributed by atoms with Crippen LogP contribution in [0.4, 0.5) is 0 Å². The van der Waals surface area contributed by atoms with E-state index in [-0.39, 0.29) is 12.0 Å². The van der Waals surface area contributed by atoms with Crippen molar-refractivity contribution >= 4 is 5.91 Å². The molecule has 1 aliphatic rings. The number of pyridine rings is 1. The third-order valence-electron chi connectivity index (χ3n) is 5.74. The molecule has 0 bridgehead atoms. The van der Waals surface area contributed by atoms with Crippen molar-refractivity contribution in [2.45, 2.75) is 25.5 Å². The molecule has 0 radical (unpaired) electrons. The van der Waals surface area contributed by atoms with Gasteiger partial charge in [-0.2, -0.15) is 0 Å². The SMILES string of the molecule is COc1ccc(-c2ccc(C(=O)NCc3cccc(OC4CCN(C)CC4)c3)nc2)cc1. The first kappa shape index (κ1) is 21.8. The normalized spacial score (nSPS) is 14.7. The minimum absolute atomic E-state index is 0.201. The average Bonchev–Trinajstić information content (AvgIpc) is 2.84. The van der Waals surface area contributed by atoms with Crippen molar-refractivity contribution in [3.63, 3.8) is 0 Å². The zero-order chi connectivity index (χ0) is 22.3. The number of hydrogen-bond acceptors (Lipinski definition) is 5. The number of piperidine rings is 1. The highest BCUT2D eigenvalue weighted by Gasteiger charge is 2.18. The van der Waals surface area contributed by atoms with Gasteiger partial charge >= 0.3 is 0 Å². The van der Waals surface area contributed by atoms with E-state index in [9.17, 15) is 4.79 Å². The van der Waals surface area contributed by atoms with Crippen LogP contribution in [0.15, 0.2) is 66.9 Å². The molecule has 1 amide bonds. The first-order chi connectivity index (χ1) is 15.6. The molecular weight excluding hydrogens is 402 g/mol. The van der Waals surface area contributed by atoms with Gasteiger partial charge in [0.15, 0.2) is 0 Å². The summed E-state index contributed by atoms with van der Waals surface area (Å²) in [4.78, 5) is 19.2. The highest BCUT2D eigenvalue weighted by atomic mass is 16.5. The Kier molecular flexibility index (Phi) is 7.02. The predicted octanol–water partition coefficient (Wildman–Crippen LogP) is 4.16. The Hall–Kier alpha value is -3.38. The van der Waals surface area contributed by atoms with Gasteiger partial charge in [0, 0.05) is 31.4 Å². The van der Waals surface area contributed by atoms with Gasteiger partial charge in [0.05, 0.1) is 7.11 Å². The second kappa shape index (κ2) is 10.3. The summed E-state index contributed by atoms with van der Waals surface area (Å²) in [6.07, 6.45) is 4.04. The van der Waals surface area contributed by atoms with Crippen molar-refractivity contribution in [1.82, 2.24) is 15.2 Å². The highest BCUT2D eigenvalue weighted by Crippen LogP contribution is 2.22. The molecule has 166 valence electrons. The van der Waals surface area contributed by atoms with Crippen molar-refractivity contribution in [2.75, 3.05) is 27.2 Å². The molecule has 1 aliphatic heterocycles. The van der Waals surface area contributed by atoms with E-state index in [1.54, 1.807) is 19.4 Å². The molecule has 0 atom stereocenters. The maximum atomic E-state index is 12.6. The van der Waals surface area contributed by atoms with Gasteiger partial charge in [0.25, 0.3) is 5.91 Å². The number of carbonyl (C=O) groups excluding carboxylic acids is 1. The summed E-state index contributed by atoms with van der Waals surface area (Å²) in [5, 5.41) is 2.95. The Balaban J connectivity index is 1.32. The number of hydrogen-bond donors (Lipinski definition) is 1. The molecule has 0 saturated carbocycles. The summed E-state index contributed by atoms with van der Waals surface area (Å²) >= 11 is 0. The molecule has 0 unspecified atom stereocenters.